The maximum absolute atomic E-state index is 12.6. The molecular formula is C19H23N3O4. The van der Waals surface area contributed by atoms with Crippen LogP contribution in [0, 0.1) is 5.92 Å². The van der Waals surface area contributed by atoms with Gasteiger partial charge in [-0.2, -0.15) is 0 Å². The Bertz CT molecular complexity index is 749. The lowest BCUT2D eigenvalue weighted by Gasteiger charge is -2.19. The van der Waals surface area contributed by atoms with Crippen molar-refractivity contribution in [2.24, 2.45) is 5.92 Å². The van der Waals surface area contributed by atoms with Crippen LogP contribution in [0.4, 0.5) is 10.5 Å². The molecule has 0 radical (unpaired) electrons. The molecule has 0 aromatic heterocycles. The number of carbonyl (C=O) groups is 4. The third-order valence-corrected chi connectivity index (χ3v) is 5.00. The summed E-state index contributed by atoms with van der Waals surface area (Å²) >= 11 is 0. The van der Waals surface area contributed by atoms with E-state index in [2.05, 4.69) is 10.6 Å². The number of imide groups is 1. The SMILES string of the molecule is CC(C)C(=O)Nc1ccc(C(=O)CN2C(=O)NC3(CCCC3)C2=O)cc1. The molecule has 1 saturated heterocycles. The number of nitrogens with one attached hydrogen (secondary N) is 2. The zero-order chi connectivity index (χ0) is 18.9. The molecule has 26 heavy (non-hydrogen) atoms. The molecular weight excluding hydrogens is 334 g/mol. The van der Waals surface area contributed by atoms with Crippen LogP contribution >= 0.6 is 0 Å². The van der Waals surface area contributed by atoms with Gasteiger partial charge in [0.25, 0.3) is 5.91 Å². The van der Waals surface area contributed by atoms with Crippen LogP contribution in [-0.4, -0.2) is 40.6 Å². The second-order valence-electron chi connectivity index (χ2n) is 7.26. The highest BCUT2D eigenvalue weighted by atomic mass is 16.2. The first-order chi connectivity index (χ1) is 12.3. The summed E-state index contributed by atoms with van der Waals surface area (Å²) in [6.45, 7) is 3.31. The fourth-order valence-corrected chi connectivity index (χ4v) is 3.40. The van der Waals surface area contributed by atoms with Gasteiger partial charge in [0.15, 0.2) is 5.78 Å². The number of rotatable bonds is 5. The van der Waals surface area contributed by atoms with Gasteiger partial charge in [-0.1, -0.05) is 26.7 Å². The number of anilines is 1. The summed E-state index contributed by atoms with van der Waals surface area (Å²) in [6, 6.07) is 5.95. The van der Waals surface area contributed by atoms with E-state index < -0.39 is 11.6 Å². The Morgan fingerprint density at radius 1 is 1.15 bits per heavy atom. The number of nitrogens with zero attached hydrogens (tertiary/aromatic N) is 1. The summed E-state index contributed by atoms with van der Waals surface area (Å²) in [7, 11) is 0. The van der Waals surface area contributed by atoms with Crippen molar-refractivity contribution in [3.8, 4) is 0 Å². The fraction of sp³-hybridized carbons (Fsp3) is 0.474. The van der Waals surface area contributed by atoms with E-state index in [0.717, 1.165) is 17.7 Å². The highest BCUT2D eigenvalue weighted by Crippen LogP contribution is 2.35. The van der Waals surface area contributed by atoms with E-state index >= 15 is 0 Å². The van der Waals surface area contributed by atoms with E-state index in [-0.39, 0.29) is 30.1 Å². The molecule has 2 aliphatic rings. The van der Waals surface area contributed by atoms with Gasteiger partial charge in [-0.15, -0.1) is 0 Å². The monoisotopic (exact) mass is 357 g/mol. The van der Waals surface area contributed by atoms with E-state index in [1.807, 2.05) is 0 Å². The van der Waals surface area contributed by atoms with Gasteiger partial charge in [-0.3, -0.25) is 19.3 Å². The number of hydrogen-bond donors (Lipinski definition) is 2. The first-order valence-corrected chi connectivity index (χ1v) is 8.91. The zero-order valence-electron chi connectivity index (χ0n) is 15.0. The molecule has 7 heteroatoms. The highest BCUT2D eigenvalue weighted by molar-refractivity contribution is 6.11. The number of ketones is 1. The lowest BCUT2D eigenvalue weighted by molar-refractivity contribution is -0.130. The van der Waals surface area contributed by atoms with E-state index in [1.54, 1.807) is 38.1 Å². The van der Waals surface area contributed by atoms with Crippen LogP contribution in [0.3, 0.4) is 0 Å². The third-order valence-electron chi connectivity index (χ3n) is 5.00. The number of amides is 4. The molecule has 0 atom stereocenters. The normalized spacial score (nSPS) is 18.5. The lowest BCUT2D eigenvalue weighted by atomic mass is 9.98. The first kappa shape index (κ1) is 18.1. The molecule has 4 amide bonds. The molecule has 0 bridgehead atoms. The van der Waals surface area contributed by atoms with Gasteiger partial charge in [0.2, 0.25) is 5.91 Å². The molecule has 138 valence electrons. The molecule has 2 fully saturated rings. The predicted octanol–water partition coefficient (Wildman–Crippen LogP) is 2.33. The Morgan fingerprint density at radius 3 is 2.35 bits per heavy atom. The highest BCUT2D eigenvalue weighted by Gasteiger charge is 2.52. The number of carbonyl (C=O) groups excluding carboxylic acids is 4. The van der Waals surface area contributed by atoms with Gasteiger partial charge in [0.05, 0.1) is 6.54 Å². The topological polar surface area (TPSA) is 95.6 Å². The Morgan fingerprint density at radius 2 is 1.77 bits per heavy atom. The maximum atomic E-state index is 12.6. The van der Waals surface area contributed by atoms with Gasteiger partial charge in [-0.05, 0) is 37.1 Å². The Labute approximate surface area is 152 Å². The molecule has 1 saturated carbocycles. The summed E-state index contributed by atoms with van der Waals surface area (Å²) in [4.78, 5) is 49.9. The number of Topliss-reactive ketones (excluding diaryl/α,β-unsaturated/α-hetero) is 1. The van der Waals surface area contributed by atoms with Crippen LogP contribution in [0.5, 0.6) is 0 Å². The molecule has 0 unspecified atom stereocenters. The smallest absolute Gasteiger partial charge is 0.325 e. The van der Waals surface area contributed by atoms with Crippen molar-refractivity contribution >= 4 is 29.3 Å². The van der Waals surface area contributed by atoms with Gasteiger partial charge in [0, 0.05) is 17.2 Å². The van der Waals surface area contributed by atoms with Crippen molar-refractivity contribution in [2.75, 3.05) is 11.9 Å². The Balaban J connectivity index is 1.66. The van der Waals surface area contributed by atoms with Crippen LogP contribution in [0.25, 0.3) is 0 Å². The van der Waals surface area contributed by atoms with E-state index in [4.69, 9.17) is 0 Å². The molecule has 1 aromatic rings. The summed E-state index contributed by atoms with van der Waals surface area (Å²) in [5.74, 6) is -0.858. The molecule has 1 aromatic carbocycles. The van der Waals surface area contributed by atoms with Crippen molar-refractivity contribution < 1.29 is 19.2 Å². The van der Waals surface area contributed by atoms with Crippen molar-refractivity contribution in [1.82, 2.24) is 10.2 Å². The van der Waals surface area contributed by atoms with Crippen LogP contribution in [0.1, 0.15) is 49.9 Å². The van der Waals surface area contributed by atoms with E-state index in [9.17, 15) is 19.2 Å². The molecule has 1 spiro atoms. The summed E-state index contributed by atoms with van der Waals surface area (Å²) in [5.41, 5.74) is 0.184. The summed E-state index contributed by atoms with van der Waals surface area (Å²) in [6.07, 6.45) is 3.06. The third kappa shape index (κ3) is 3.34. The summed E-state index contributed by atoms with van der Waals surface area (Å²) in [5, 5.41) is 5.51. The van der Waals surface area contributed by atoms with Crippen LogP contribution in [0.15, 0.2) is 24.3 Å². The maximum Gasteiger partial charge on any atom is 0.325 e. The van der Waals surface area contributed by atoms with E-state index in [0.29, 0.717) is 24.1 Å². The first-order valence-electron chi connectivity index (χ1n) is 8.91. The van der Waals surface area contributed by atoms with Gasteiger partial charge in [0.1, 0.15) is 5.54 Å². The number of benzene rings is 1. The molecule has 1 aliphatic carbocycles. The number of urea groups is 1. The average Bonchev–Trinajstić information content (AvgIpc) is 3.16. The minimum Gasteiger partial charge on any atom is -0.326 e. The van der Waals surface area contributed by atoms with Crippen molar-refractivity contribution in [3.05, 3.63) is 29.8 Å². The van der Waals surface area contributed by atoms with Crippen LogP contribution in [0.2, 0.25) is 0 Å². The fourth-order valence-electron chi connectivity index (χ4n) is 3.40. The summed E-state index contributed by atoms with van der Waals surface area (Å²) < 4.78 is 0. The van der Waals surface area contributed by atoms with Crippen molar-refractivity contribution in [3.63, 3.8) is 0 Å². The molecule has 7 nitrogen and oxygen atoms in total. The van der Waals surface area contributed by atoms with Crippen LogP contribution < -0.4 is 10.6 Å². The zero-order valence-corrected chi connectivity index (χ0v) is 15.0. The minimum atomic E-state index is -0.803. The second kappa shape index (κ2) is 6.90. The number of hydrogen-bond acceptors (Lipinski definition) is 4. The van der Waals surface area contributed by atoms with Gasteiger partial charge in [-0.25, -0.2) is 4.79 Å². The molecule has 1 aliphatic heterocycles. The van der Waals surface area contributed by atoms with Gasteiger partial charge >= 0.3 is 6.03 Å². The van der Waals surface area contributed by atoms with Crippen molar-refractivity contribution in [1.29, 1.82) is 0 Å². The van der Waals surface area contributed by atoms with E-state index in [1.165, 1.54) is 0 Å². The van der Waals surface area contributed by atoms with Gasteiger partial charge < -0.3 is 10.6 Å². The largest absolute Gasteiger partial charge is 0.326 e. The minimum absolute atomic E-state index is 0.106. The Kier molecular flexibility index (Phi) is 4.80. The van der Waals surface area contributed by atoms with Crippen molar-refractivity contribution in [2.45, 2.75) is 45.1 Å². The molecule has 2 N–H and O–H groups in total. The molecule has 1 heterocycles. The average molecular weight is 357 g/mol. The standard InChI is InChI=1S/C19H23N3O4/c1-12(2)16(24)20-14-7-5-13(6-8-14)15(23)11-22-17(25)19(21-18(22)26)9-3-4-10-19/h5-8,12H,3-4,9-11H2,1-2H3,(H,20,24)(H,21,26). The lowest BCUT2D eigenvalue weighted by Crippen LogP contribution is -2.44. The molecule has 3 rings (SSSR count). The quantitative estimate of drug-likeness (QED) is 0.624. The predicted molar refractivity (Wildman–Crippen MR) is 95.7 cm³/mol. The Hall–Kier alpha value is -2.70. The van der Waals surface area contributed by atoms with Crippen LogP contribution in [-0.2, 0) is 9.59 Å². The second-order valence-corrected chi connectivity index (χ2v) is 7.26.